The summed E-state index contributed by atoms with van der Waals surface area (Å²) in [4.78, 5) is 0. The number of hydrogen-bond acceptors (Lipinski definition) is 2. The molecule has 16 heavy (non-hydrogen) atoms. The molecule has 0 saturated carbocycles. The van der Waals surface area contributed by atoms with Crippen molar-refractivity contribution in [2.24, 2.45) is 5.73 Å². The predicted octanol–water partition coefficient (Wildman–Crippen LogP) is 4.05. The first-order chi connectivity index (χ1) is 7.65. The Kier molecular flexibility index (Phi) is 3.84. The molecule has 2 nitrogen and oxygen atoms in total. The topological polar surface area (TPSA) is 39.2 Å². The third kappa shape index (κ3) is 2.97. The van der Waals surface area contributed by atoms with Crippen molar-refractivity contribution in [3.8, 4) is 0 Å². The van der Waals surface area contributed by atoms with Crippen LogP contribution in [0.3, 0.4) is 0 Å². The van der Waals surface area contributed by atoms with Gasteiger partial charge in [0, 0.05) is 4.47 Å². The van der Waals surface area contributed by atoms with Gasteiger partial charge in [0.2, 0.25) is 0 Å². The van der Waals surface area contributed by atoms with E-state index in [-0.39, 0.29) is 6.04 Å². The molecular weight excluding hydrogens is 334 g/mol. The lowest BCUT2D eigenvalue weighted by Crippen LogP contribution is -2.12. The van der Waals surface area contributed by atoms with Crippen molar-refractivity contribution >= 4 is 31.9 Å². The Balaban J connectivity index is 2.07. The third-order valence-corrected chi connectivity index (χ3v) is 3.28. The minimum Gasteiger partial charge on any atom is -0.453 e. The summed E-state index contributed by atoms with van der Waals surface area (Å²) in [6.45, 7) is 0. The molecular formula is C12H11Br2NO. The molecule has 1 unspecified atom stereocenters. The average Bonchev–Trinajstić information content (AvgIpc) is 2.68. The smallest absolute Gasteiger partial charge is 0.169 e. The van der Waals surface area contributed by atoms with Gasteiger partial charge in [-0.25, -0.2) is 0 Å². The lowest BCUT2D eigenvalue weighted by molar-refractivity contribution is 0.448. The van der Waals surface area contributed by atoms with Gasteiger partial charge in [-0.1, -0.05) is 28.1 Å². The Morgan fingerprint density at radius 3 is 2.31 bits per heavy atom. The van der Waals surface area contributed by atoms with E-state index in [0.29, 0.717) is 4.67 Å². The molecule has 0 radical (unpaired) electrons. The van der Waals surface area contributed by atoms with Crippen molar-refractivity contribution in [3.63, 3.8) is 0 Å². The van der Waals surface area contributed by atoms with Gasteiger partial charge in [-0.3, -0.25) is 0 Å². The second-order valence-electron chi connectivity index (χ2n) is 3.58. The van der Waals surface area contributed by atoms with Gasteiger partial charge in [0.15, 0.2) is 4.67 Å². The molecule has 1 heterocycles. The molecule has 0 bridgehead atoms. The molecule has 0 amide bonds. The highest BCUT2D eigenvalue weighted by Crippen LogP contribution is 2.22. The summed E-state index contributed by atoms with van der Waals surface area (Å²) in [6, 6.07) is 11.8. The van der Waals surface area contributed by atoms with Crippen LogP contribution in [0.25, 0.3) is 0 Å². The van der Waals surface area contributed by atoms with Crippen molar-refractivity contribution in [3.05, 3.63) is 56.9 Å². The molecule has 1 aromatic heterocycles. The largest absolute Gasteiger partial charge is 0.453 e. The summed E-state index contributed by atoms with van der Waals surface area (Å²) >= 11 is 6.67. The van der Waals surface area contributed by atoms with Crippen molar-refractivity contribution in [2.75, 3.05) is 0 Å². The molecule has 2 rings (SSSR count). The first-order valence-electron chi connectivity index (χ1n) is 4.90. The highest BCUT2D eigenvalue weighted by atomic mass is 79.9. The van der Waals surface area contributed by atoms with Gasteiger partial charge in [-0.15, -0.1) is 0 Å². The molecule has 0 aliphatic rings. The lowest BCUT2D eigenvalue weighted by atomic mass is 10.1. The van der Waals surface area contributed by atoms with Crippen LogP contribution in [0.2, 0.25) is 0 Å². The van der Waals surface area contributed by atoms with Crippen LogP contribution in [0.1, 0.15) is 17.4 Å². The van der Waals surface area contributed by atoms with E-state index in [0.717, 1.165) is 16.7 Å². The Labute approximate surface area is 111 Å². The van der Waals surface area contributed by atoms with Crippen LogP contribution >= 0.6 is 31.9 Å². The monoisotopic (exact) mass is 343 g/mol. The molecule has 0 spiro atoms. The van der Waals surface area contributed by atoms with E-state index in [1.54, 1.807) is 0 Å². The average molecular weight is 345 g/mol. The van der Waals surface area contributed by atoms with E-state index in [1.165, 1.54) is 5.56 Å². The fraction of sp³-hybridized carbons (Fsp3) is 0.167. The van der Waals surface area contributed by atoms with Crippen molar-refractivity contribution in [2.45, 2.75) is 12.5 Å². The van der Waals surface area contributed by atoms with Crippen LogP contribution in [0.15, 0.2) is 50.0 Å². The standard InChI is InChI=1S/C12H11Br2NO/c13-9-3-1-8(2-4-9)7-10(15)11-5-6-12(14)16-11/h1-6,10H,7,15H2. The molecule has 0 fully saturated rings. The number of furan rings is 1. The van der Waals surface area contributed by atoms with E-state index < -0.39 is 0 Å². The predicted molar refractivity (Wildman–Crippen MR) is 71.2 cm³/mol. The summed E-state index contributed by atoms with van der Waals surface area (Å²) in [5.74, 6) is 0.801. The van der Waals surface area contributed by atoms with Gasteiger partial charge in [0.05, 0.1) is 6.04 Å². The Morgan fingerprint density at radius 2 is 1.75 bits per heavy atom. The van der Waals surface area contributed by atoms with Gasteiger partial charge in [-0.05, 0) is 52.2 Å². The van der Waals surface area contributed by atoms with Gasteiger partial charge < -0.3 is 10.2 Å². The van der Waals surface area contributed by atoms with Crippen LogP contribution in [-0.4, -0.2) is 0 Å². The number of rotatable bonds is 3. The highest BCUT2D eigenvalue weighted by Gasteiger charge is 2.10. The van der Waals surface area contributed by atoms with Gasteiger partial charge in [-0.2, -0.15) is 0 Å². The first kappa shape index (κ1) is 11.9. The quantitative estimate of drug-likeness (QED) is 0.912. The summed E-state index contributed by atoms with van der Waals surface area (Å²) in [7, 11) is 0. The SMILES string of the molecule is NC(Cc1ccc(Br)cc1)c1ccc(Br)o1. The number of halogens is 2. The minimum absolute atomic E-state index is 0.104. The van der Waals surface area contributed by atoms with E-state index in [9.17, 15) is 0 Å². The summed E-state index contributed by atoms with van der Waals surface area (Å²) in [5.41, 5.74) is 7.25. The van der Waals surface area contributed by atoms with Crippen molar-refractivity contribution in [1.82, 2.24) is 0 Å². The molecule has 2 N–H and O–H groups in total. The Hall–Kier alpha value is -0.580. The Morgan fingerprint density at radius 1 is 1.06 bits per heavy atom. The van der Waals surface area contributed by atoms with Gasteiger partial charge >= 0.3 is 0 Å². The molecule has 84 valence electrons. The maximum absolute atomic E-state index is 6.05. The van der Waals surface area contributed by atoms with Crippen LogP contribution in [0.4, 0.5) is 0 Å². The number of benzene rings is 1. The summed E-state index contributed by atoms with van der Waals surface area (Å²) in [5, 5.41) is 0. The van der Waals surface area contributed by atoms with Gasteiger partial charge in [0.25, 0.3) is 0 Å². The molecule has 0 aliphatic heterocycles. The second kappa shape index (κ2) is 5.17. The van der Waals surface area contributed by atoms with E-state index in [1.807, 2.05) is 24.3 Å². The van der Waals surface area contributed by atoms with Gasteiger partial charge in [0.1, 0.15) is 5.76 Å². The molecule has 0 saturated heterocycles. The van der Waals surface area contributed by atoms with E-state index in [4.69, 9.17) is 10.2 Å². The highest BCUT2D eigenvalue weighted by molar-refractivity contribution is 9.10. The zero-order valence-corrected chi connectivity index (χ0v) is 11.7. The fourth-order valence-electron chi connectivity index (χ4n) is 1.50. The molecule has 2 aromatic rings. The van der Waals surface area contributed by atoms with Crippen LogP contribution in [-0.2, 0) is 6.42 Å². The van der Waals surface area contributed by atoms with Crippen molar-refractivity contribution < 1.29 is 4.42 Å². The second-order valence-corrected chi connectivity index (χ2v) is 5.28. The Bertz CT molecular complexity index is 464. The molecule has 1 atom stereocenters. The van der Waals surface area contributed by atoms with Crippen LogP contribution in [0, 0.1) is 0 Å². The molecule has 4 heteroatoms. The minimum atomic E-state index is -0.104. The maximum atomic E-state index is 6.05. The van der Waals surface area contributed by atoms with Crippen molar-refractivity contribution in [1.29, 1.82) is 0 Å². The molecule has 1 aromatic carbocycles. The number of hydrogen-bond donors (Lipinski definition) is 1. The van der Waals surface area contributed by atoms with E-state index in [2.05, 4.69) is 44.0 Å². The zero-order valence-electron chi connectivity index (χ0n) is 8.49. The summed E-state index contributed by atoms with van der Waals surface area (Å²) < 4.78 is 7.21. The lowest BCUT2D eigenvalue weighted by Gasteiger charge is -2.08. The van der Waals surface area contributed by atoms with Crippen LogP contribution < -0.4 is 5.73 Å². The number of nitrogens with two attached hydrogens (primary N) is 1. The first-order valence-corrected chi connectivity index (χ1v) is 6.49. The van der Waals surface area contributed by atoms with Crippen LogP contribution in [0.5, 0.6) is 0 Å². The van der Waals surface area contributed by atoms with E-state index >= 15 is 0 Å². The normalized spacial score (nSPS) is 12.7. The zero-order chi connectivity index (χ0) is 11.5. The maximum Gasteiger partial charge on any atom is 0.169 e. The summed E-state index contributed by atoms with van der Waals surface area (Å²) in [6.07, 6.45) is 0.771. The fourth-order valence-corrected chi connectivity index (χ4v) is 2.09. The molecule has 0 aliphatic carbocycles. The third-order valence-electron chi connectivity index (χ3n) is 2.33.